The first-order valence-corrected chi connectivity index (χ1v) is 7.62. The molecule has 2 aromatic rings. The van der Waals surface area contributed by atoms with E-state index in [1.807, 2.05) is 36.4 Å². The minimum Gasteiger partial charge on any atom is -0.206 e. The first kappa shape index (κ1) is 15.6. The summed E-state index contributed by atoms with van der Waals surface area (Å²) < 4.78 is 14.2. The number of hydrogen-bond donors (Lipinski definition) is 0. The average molecular weight is 299 g/mol. The maximum Gasteiger partial charge on any atom is 0.131 e. The molecular formula is C18H18FNS. The van der Waals surface area contributed by atoms with Crippen LogP contribution >= 0.6 is 12.2 Å². The van der Waals surface area contributed by atoms with E-state index in [2.05, 4.69) is 29.3 Å². The van der Waals surface area contributed by atoms with Gasteiger partial charge < -0.3 is 0 Å². The highest BCUT2D eigenvalue weighted by Crippen LogP contribution is 2.26. The Hall–Kier alpha value is -1.83. The molecule has 2 aromatic carbocycles. The van der Waals surface area contributed by atoms with Crippen LogP contribution in [0.4, 0.5) is 10.1 Å². The van der Waals surface area contributed by atoms with Gasteiger partial charge in [-0.15, -0.1) is 0 Å². The van der Waals surface area contributed by atoms with E-state index in [4.69, 9.17) is 0 Å². The summed E-state index contributed by atoms with van der Waals surface area (Å²) in [5.41, 5.74) is 3.25. The number of aliphatic imine (C=N–C) groups is 1. The molecule has 0 fully saturated rings. The monoisotopic (exact) mass is 299 g/mol. The summed E-state index contributed by atoms with van der Waals surface area (Å²) in [5, 5.41) is 2.32. The summed E-state index contributed by atoms with van der Waals surface area (Å²) in [6.07, 6.45) is 4.41. The van der Waals surface area contributed by atoms with E-state index >= 15 is 0 Å². The van der Waals surface area contributed by atoms with Gasteiger partial charge in [0.2, 0.25) is 0 Å². The number of isothiocyanates is 1. The molecule has 0 N–H and O–H groups in total. The standard InChI is InChI=1S/C18H18FNS/c1-2-3-4-5-14-6-11-17(18(19)12-14)15-7-9-16(10-8-15)20-13-21/h6-12H,2-5H2,1H3. The zero-order valence-corrected chi connectivity index (χ0v) is 12.9. The Kier molecular flexibility index (Phi) is 5.79. The van der Waals surface area contributed by atoms with E-state index in [1.165, 1.54) is 12.8 Å². The summed E-state index contributed by atoms with van der Waals surface area (Å²) in [5.74, 6) is -0.171. The topological polar surface area (TPSA) is 12.4 Å². The first-order valence-electron chi connectivity index (χ1n) is 7.21. The van der Waals surface area contributed by atoms with Crippen LogP contribution < -0.4 is 0 Å². The molecule has 0 atom stereocenters. The maximum absolute atomic E-state index is 14.2. The summed E-state index contributed by atoms with van der Waals surface area (Å²) in [4.78, 5) is 3.89. The Morgan fingerprint density at radius 2 is 1.86 bits per heavy atom. The van der Waals surface area contributed by atoms with Crippen LogP contribution in [0.25, 0.3) is 11.1 Å². The van der Waals surface area contributed by atoms with E-state index in [0.29, 0.717) is 5.56 Å². The SMILES string of the molecule is CCCCCc1ccc(-c2ccc(N=C=S)cc2)c(F)c1. The van der Waals surface area contributed by atoms with E-state index in [1.54, 1.807) is 6.07 Å². The fraction of sp³-hybridized carbons (Fsp3) is 0.278. The number of hydrogen-bond acceptors (Lipinski definition) is 2. The molecule has 1 nitrogen and oxygen atoms in total. The molecule has 0 saturated heterocycles. The van der Waals surface area contributed by atoms with Crippen molar-refractivity contribution in [1.82, 2.24) is 0 Å². The average Bonchev–Trinajstić information content (AvgIpc) is 2.49. The molecule has 0 unspecified atom stereocenters. The lowest BCUT2D eigenvalue weighted by molar-refractivity contribution is 0.626. The largest absolute Gasteiger partial charge is 0.206 e. The van der Waals surface area contributed by atoms with E-state index < -0.39 is 0 Å². The first-order chi connectivity index (χ1) is 10.2. The predicted octanol–water partition coefficient (Wildman–Crippen LogP) is 5.96. The van der Waals surface area contributed by atoms with Gasteiger partial charge in [0, 0.05) is 5.56 Å². The molecule has 0 heterocycles. The van der Waals surface area contributed by atoms with Gasteiger partial charge in [-0.05, 0) is 54.4 Å². The van der Waals surface area contributed by atoms with Crippen LogP contribution in [0.5, 0.6) is 0 Å². The molecule has 0 aliphatic rings. The molecule has 108 valence electrons. The molecule has 0 aromatic heterocycles. The second-order valence-corrected chi connectivity index (χ2v) is 5.20. The van der Waals surface area contributed by atoms with Gasteiger partial charge >= 0.3 is 0 Å². The zero-order chi connectivity index (χ0) is 15.1. The maximum atomic E-state index is 14.2. The Morgan fingerprint density at radius 1 is 1.10 bits per heavy atom. The minimum absolute atomic E-state index is 0.171. The van der Waals surface area contributed by atoms with Gasteiger partial charge in [0.05, 0.1) is 10.8 Å². The van der Waals surface area contributed by atoms with Crippen molar-refractivity contribution in [2.24, 2.45) is 4.99 Å². The van der Waals surface area contributed by atoms with Gasteiger partial charge in [0.25, 0.3) is 0 Å². The number of nitrogens with zero attached hydrogens (tertiary/aromatic N) is 1. The Morgan fingerprint density at radius 3 is 2.48 bits per heavy atom. The smallest absolute Gasteiger partial charge is 0.131 e. The van der Waals surface area contributed by atoms with E-state index in [9.17, 15) is 4.39 Å². The molecule has 0 saturated carbocycles. The van der Waals surface area contributed by atoms with Crippen LogP contribution in [0.2, 0.25) is 0 Å². The summed E-state index contributed by atoms with van der Waals surface area (Å²) >= 11 is 4.56. The second kappa shape index (κ2) is 7.82. The van der Waals surface area contributed by atoms with Crippen molar-refractivity contribution < 1.29 is 4.39 Å². The van der Waals surface area contributed by atoms with Gasteiger partial charge in [0.15, 0.2) is 0 Å². The fourth-order valence-electron chi connectivity index (χ4n) is 2.30. The fourth-order valence-corrected chi connectivity index (χ4v) is 2.40. The quantitative estimate of drug-likeness (QED) is 0.364. The minimum atomic E-state index is -0.171. The number of rotatable bonds is 6. The number of unbranched alkanes of at least 4 members (excludes halogenated alkanes) is 2. The third kappa shape index (κ3) is 4.32. The molecule has 0 aliphatic heterocycles. The van der Waals surface area contributed by atoms with E-state index in [-0.39, 0.29) is 5.82 Å². The highest BCUT2D eigenvalue weighted by molar-refractivity contribution is 7.78. The molecular weight excluding hydrogens is 281 g/mol. The summed E-state index contributed by atoms with van der Waals surface area (Å²) in [7, 11) is 0. The Balaban J connectivity index is 2.18. The molecule has 3 heteroatoms. The molecule has 2 rings (SSSR count). The number of aryl methyl sites for hydroxylation is 1. The van der Waals surface area contributed by atoms with Crippen LogP contribution in [-0.2, 0) is 6.42 Å². The third-order valence-electron chi connectivity index (χ3n) is 3.46. The summed E-state index contributed by atoms with van der Waals surface area (Å²) in [6, 6.07) is 12.8. The van der Waals surface area contributed by atoms with Crippen molar-refractivity contribution >= 4 is 23.1 Å². The molecule has 0 amide bonds. The molecule has 0 spiro atoms. The lowest BCUT2D eigenvalue weighted by atomic mass is 10.0. The van der Waals surface area contributed by atoms with E-state index in [0.717, 1.165) is 29.7 Å². The van der Waals surface area contributed by atoms with Crippen molar-refractivity contribution in [1.29, 1.82) is 0 Å². The van der Waals surface area contributed by atoms with Crippen LogP contribution in [0, 0.1) is 5.82 Å². The van der Waals surface area contributed by atoms with Crippen LogP contribution in [0.3, 0.4) is 0 Å². The number of benzene rings is 2. The van der Waals surface area contributed by atoms with Crippen molar-refractivity contribution in [2.75, 3.05) is 0 Å². The number of thiocarbonyl (C=S) groups is 1. The lowest BCUT2D eigenvalue weighted by Crippen LogP contribution is -1.90. The molecule has 0 aliphatic carbocycles. The number of halogens is 1. The highest BCUT2D eigenvalue weighted by atomic mass is 32.1. The third-order valence-corrected chi connectivity index (χ3v) is 3.55. The Bertz CT molecular complexity index is 643. The van der Waals surface area contributed by atoms with Crippen LogP contribution in [0.1, 0.15) is 31.7 Å². The second-order valence-electron chi connectivity index (χ2n) is 5.02. The Labute approximate surface area is 130 Å². The van der Waals surface area contributed by atoms with Crippen LogP contribution in [0.15, 0.2) is 47.5 Å². The van der Waals surface area contributed by atoms with Gasteiger partial charge in [-0.1, -0.05) is 44.0 Å². The van der Waals surface area contributed by atoms with Crippen molar-refractivity contribution in [2.45, 2.75) is 32.6 Å². The molecule has 0 bridgehead atoms. The lowest BCUT2D eigenvalue weighted by Gasteiger charge is -2.07. The van der Waals surface area contributed by atoms with Crippen molar-refractivity contribution in [3.8, 4) is 11.1 Å². The normalized spacial score (nSPS) is 10.2. The van der Waals surface area contributed by atoms with Gasteiger partial charge in [0.1, 0.15) is 5.82 Å². The summed E-state index contributed by atoms with van der Waals surface area (Å²) in [6.45, 7) is 2.17. The molecule has 21 heavy (non-hydrogen) atoms. The van der Waals surface area contributed by atoms with Gasteiger partial charge in [-0.25, -0.2) is 4.39 Å². The van der Waals surface area contributed by atoms with Crippen molar-refractivity contribution in [3.05, 3.63) is 53.8 Å². The zero-order valence-electron chi connectivity index (χ0n) is 12.1. The van der Waals surface area contributed by atoms with Crippen LogP contribution in [-0.4, -0.2) is 5.16 Å². The van der Waals surface area contributed by atoms with Crippen molar-refractivity contribution in [3.63, 3.8) is 0 Å². The predicted molar refractivity (Wildman–Crippen MR) is 89.8 cm³/mol. The highest BCUT2D eigenvalue weighted by Gasteiger charge is 2.06. The van der Waals surface area contributed by atoms with Gasteiger partial charge in [-0.3, -0.25) is 0 Å². The van der Waals surface area contributed by atoms with Gasteiger partial charge in [-0.2, -0.15) is 4.99 Å². The molecule has 0 radical (unpaired) electrons.